The maximum atomic E-state index is 12.0. The molecule has 0 spiro atoms. The van der Waals surface area contributed by atoms with Crippen molar-refractivity contribution in [1.29, 1.82) is 0 Å². The summed E-state index contributed by atoms with van der Waals surface area (Å²) in [7, 11) is 5.86. The summed E-state index contributed by atoms with van der Waals surface area (Å²) in [6.07, 6.45) is 22.5. The Morgan fingerprint density at radius 3 is 2.03 bits per heavy atom. The van der Waals surface area contributed by atoms with Crippen LogP contribution in [0.25, 0.3) is 0 Å². The fourth-order valence-corrected chi connectivity index (χ4v) is 3.01. The molecule has 1 atom stereocenters. The van der Waals surface area contributed by atoms with Crippen molar-refractivity contribution in [2.75, 3.05) is 27.7 Å². The first-order valence-corrected chi connectivity index (χ1v) is 11.4. The van der Waals surface area contributed by atoms with E-state index in [1.165, 1.54) is 25.7 Å². The first-order valence-electron chi connectivity index (χ1n) is 11.4. The van der Waals surface area contributed by atoms with Gasteiger partial charge < -0.3 is 14.3 Å². The van der Waals surface area contributed by atoms with Gasteiger partial charge in [-0.15, -0.1) is 0 Å². The number of carboxylic acids is 1. The predicted molar refractivity (Wildman–Crippen MR) is 124 cm³/mol. The lowest BCUT2D eigenvalue weighted by atomic mass is 10.2. The lowest BCUT2D eigenvalue weighted by molar-refractivity contribution is -0.873. The third kappa shape index (κ3) is 20.8. The molecule has 0 aromatic heterocycles. The van der Waals surface area contributed by atoms with Crippen LogP contribution < -0.4 is 0 Å². The average Bonchev–Trinajstić information content (AvgIpc) is 2.63. The Balaban J connectivity index is 3.84. The maximum Gasteiger partial charge on any atom is 0.307 e. The molecule has 0 aromatic rings. The molecule has 0 aliphatic rings. The van der Waals surface area contributed by atoms with E-state index in [2.05, 4.69) is 43.4 Å². The van der Waals surface area contributed by atoms with E-state index in [-0.39, 0.29) is 12.4 Å². The maximum absolute atomic E-state index is 12.0. The van der Waals surface area contributed by atoms with Gasteiger partial charge in [0.1, 0.15) is 6.54 Å². The molecule has 0 aliphatic heterocycles. The van der Waals surface area contributed by atoms with E-state index in [0.29, 0.717) is 17.4 Å². The molecule has 0 fully saturated rings. The van der Waals surface area contributed by atoms with E-state index in [1.54, 1.807) is 0 Å². The summed E-state index contributed by atoms with van der Waals surface area (Å²) in [5, 5.41) is 9.00. The molecule has 5 nitrogen and oxygen atoms in total. The molecule has 0 saturated carbocycles. The molecule has 0 aromatic carbocycles. The van der Waals surface area contributed by atoms with Crippen molar-refractivity contribution >= 4 is 11.9 Å². The van der Waals surface area contributed by atoms with Crippen LogP contribution in [0.2, 0.25) is 0 Å². The van der Waals surface area contributed by atoms with Gasteiger partial charge in [-0.3, -0.25) is 9.59 Å². The molecule has 30 heavy (non-hydrogen) atoms. The number of nitrogens with zero attached hydrogens (tertiary/aromatic N) is 1. The zero-order valence-electron chi connectivity index (χ0n) is 19.6. The van der Waals surface area contributed by atoms with Gasteiger partial charge in [-0.1, -0.05) is 56.2 Å². The van der Waals surface area contributed by atoms with E-state index in [9.17, 15) is 9.59 Å². The molecule has 0 bridgehead atoms. The van der Waals surface area contributed by atoms with Crippen molar-refractivity contribution in [3.8, 4) is 0 Å². The summed E-state index contributed by atoms with van der Waals surface area (Å²) in [5.74, 6) is -1.25. The second-order valence-corrected chi connectivity index (χ2v) is 8.80. The molecule has 0 heterocycles. The van der Waals surface area contributed by atoms with Gasteiger partial charge in [0.15, 0.2) is 6.10 Å². The Bertz CT molecular complexity index is 544. The molecular formula is C25H44NO4+. The number of likely N-dealkylation sites (N-methyl/N-ethyl adjacent to an activating group) is 1. The fourth-order valence-electron chi connectivity index (χ4n) is 3.01. The summed E-state index contributed by atoms with van der Waals surface area (Å²) in [6.45, 7) is 2.71. The molecular weight excluding hydrogens is 378 g/mol. The third-order valence-corrected chi connectivity index (χ3v) is 4.45. The highest BCUT2D eigenvalue weighted by atomic mass is 16.5. The van der Waals surface area contributed by atoms with Crippen LogP contribution in [0, 0.1) is 0 Å². The number of ether oxygens (including phenoxy) is 1. The minimum atomic E-state index is -0.943. The monoisotopic (exact) mass is 422 g/mol. The van der Waals surface area contributed by atoms with Crippen molar-refractivity contribution in [3.05, 3.63) is 36.5 Å². The van der Waals surface area contributed by atoms with E-state index < -0.39 is 12.1 Å². The topological polar surface area (TPSA) is 63.6 Å². The number of unbranched alkanes of at least 4 members (excludes halogenated alkanes) is 5. The van der Waals surface area contributed by atoms with Gasteiger partial charge in [-0.2, -0.15) is 0 Å². The SMILES string of the molecule is CCCCC/C=C/C/C=C/CC/C=C/CCCC(=O)OC(CC(=O)O)C[N+](C)(C)C. The van der Waals surface area contributed by atoms with Crippen LogP contribution in [-0.4, -0.2) is 55.3 Å². The fraction of sp³-hybridized carbons (Fsp3) is 0.680. The predicted octanol–water partition coefficient (Wildman–Crippen LogP) is 5.67. The highest BCUT2D eigenvalue weighted by Gasteiger charge is 2.24. The Hall–Kier alpha value is -1.88. The van der Waals surface area contributed by atoms with E-state index >= 15 is 0 Å². The lowest BCUT2D eigenvalue weighted by Crippen LogP contribution is -2.43. The van der Waals surface area contributed by atoms with Crippen molar-refractivity contribution in [2.45, 2.75) is 83.7 Å². The Kier molecular flexibility index (Phi) is 16.8. The number of carbonyl (C=O) groups is 2. The normalized spacial score (nSPS) is 13.5. The number of allylic oxidation sites excluding steroid dienone is 6. The van der Waals surface area contributed by atoms with Gasteiger partial charge in [-0.05, 0) is 44.9 Å². The van der Waals surface area contributed by atoms with Crippen molar-refractivity contribution < 1.29 is 23.9 Å². The molecule has 172 valence electrons. The Morgan fingerprint density at radius 1 is 0.867 bits per heavy atom. The van der Waals surface area contributed by atoms with Gasteiger partial charge in [0.2, 0.25) is 0 Å². The highest BCUT2D eigenvalue weighted by molar-refractivity contribution is 5.71. The van der Waals surface area contributed by atoms with E-state index in [1.807, 2.05) is 21.1 Å². The van der Waals surface area contributed by atoms with Crippen LogP contribution in [-0.2, 0) is 14.3 Å². The second kappa shape index (κ2) is 17.9. The summed E-state index contributed by atoms with van der Waals surface area (Å²) in [4.78, 5) is 23.0. The number of quaternary nitrogens is 1. The summed E-state index contributed by atoms with van der Waals surface area (Å²) < 4.78 is 5.94. The number of hydrogen-bond donors (Lipinski definition) is 1. The number of aliphatic carboxylic acids is 1. The van der Waals surface area contributed by atoms with Crippen LogP contribution in [0.15, 0.2) is 36.5 Å². The quantitative estimate of drug-likeness (QED) is 0.134. The lowest BCUT2D eigenvalue weighted by Gasteiger charge is -2.28. The van der Waals surface area contributed by atoms with E-state index in [0.717, 1.165) is 32.1 Å². The van der Waals surface area contributed by atoms with Gasteiger partial charge in [0, 0.05) is 6.42 Å². The van der Waals surface area contributed by atoms with Crippen LogP contribution in [0.4, 0.5) is 0 Å². The van der Waals surface area contributed by atoms with Gasteiger partial charge in [-0.25, -0.2) is 0 Å². The molecule has 0 amide bonds. The van der Waals surface area contributed by atoms with Crippen LogP contribution >= 0.6 is 0 Å². The zero-order chi connectivity index (χ0) is 22.7. The Labute approximate surface area is 184 Å². The first-order chi connectivity index (χ1) is 14.2. The van der Waals surface area contributed by atoms with Gasteiger partial charge >= 0.3 is 11.9 Å². The smallest absolute Gasteiger partial charge is 0.307 e. The number of hydrogen-bond acceptors (Lipinski definition) is 3. The minimum Gasteiger partial charge on any atom is -0.481 e. The number of carbonyl (C=O) groups excluding carboxylic acids is 1. The molecule has 0 rings (SSSR count). The zero-order valence-corrected chi connectivity index (χ0v) is 19.6. The molecule has 0 saturated heterocycles. The summed E-state index contributed by atoms with van der Waals surface area (Å²) in [6, 6.07) is 0. The minimum absolute atomic E-state index is 0.149. The molecule has 0 radical (unpaired) electrons. The molecule has 5 heteroatoms. The molecule has 0 aliphatic carbocycles. The third-order valence-electron chi connectivity index (χ3n) is 4.45. The highest BCUT2D eigenvalue weighted by Crippen LogP contribution is 2.09. The first kappa shape index (κ1) is 28.1. The summed E-state index contributed by atoms with van der Waals surface area (Å²) >= 11 is 0. The average molecular weight is 423 g/mol. The summed E-state index contributed by atoms with van der Waals surface area (Å²) in [5.41, 5.74) is 0. The molecule has 1 N–H and O–H groups in total. The van der Waals surface area contributed by atoms with Crippen LogP contribution in [0.5, 0.6) is 0 Å². The van der Waals surface area contributed by atoms with E-state index in [4.69, 9.17) is 9.84 Å². The number of rotatable bonds is 18. The molecule has 1 unspecified atom stereocenters. The van der Waals surface area contributed by atoms with Gasteiger partial charge in [0.05, 0.1) is 27.6 Å². The Morgan fingerprint density at radius 2 is 1.43 bits per heavy atom. The second-order valence-electron chi connectivity index (χ2n) is 8.80. The van der Waals surface area contributed by atoms with Crippen LogP contribution in [0.3, 0.4) is 0 Å². The number of esters is 1. The van der Waals surface area contributed by atoms with Crippen molar-refractivity contribution in [2.24, 2.45) is 0 Å². The van der Waals surface area contributed by atoms with Crippen molar-refractivity contribution in [1.82, 2.24) is 0 Å². The van der Waals surface area contributed by atoms with Crippen LogP contribution in [0.1, 0.15) is 77.6 Å². The standard InChI is InChI=1S/C25H43NO4/c1-5-6-7-8-9-10-11-12-13-14-15-16-17-18-19-20-25(29)30-23(21-24(27)28)22-26(2,3)4/h9-10,12-13,16-17,23H,5-8,11,14-15,18-22H2,1-4H3/p+1/b10-9+,13-12+,17-16+. The largest absolute Gasteiger partial charge is 0.481 e. The van der Waals surface area contributed by atoms with Gasteiger partial charge in [0.25, 0.3) is 0 Å². The number of carboxylic acid groups (broad SMARTS) is 1. The van der Waals surface area contributed by atoms with Crippen molar-refractivity contribution in [3.63, 3.8) is 0 Å².